The van der Waals surface area contributed by atoms with Crippen LogP contribution >= 0.6 is 0 Å². The van der Waals surface area contributed by atoms with Crippen LogP contribution in [0.5, 0.6) is 5.75 Å². The highest BCUT2D eigenvalue weighted by molar-refractivity contribution is 5.78. The van der Waals surface area contributed by atoms with Gasteiger partial charge in [0.15, 0.2) is 0 Å². The standard InChI is InChI=1S/C22H31N3O3/c1-15(2)17-5-7-19(8-6-17)27-11-9-18-13-20(24-23-18)21-14-25(10-12-28-21)22(26)16(3)4/h5-8,13,15-16,21H,9-12,14H2,1-4H3,(H,23,24)/t21-/m0/s1. The molecule has 0 saturated carbocycles. The van der Waals surface area contributed by atoms with E-state index in [1.807, 2.05) is 36.9 Å². The van der Waals surface area contributed by atoms with E-state index in [0.29, 0.717) is 32.2 Å². The summed E-state index contributed by atoms with van der Waals surface area (Å²) in [5.74, 6) is 1.56. The Bertz CT molecular complexity index is 768. The summed E-state index contributed by atoms with van der Waals surface area (Å²) >= 11 is 0. The van der Waals surface area contributed by atoms with Gasteiger partial charge in [0, 0.05) is 24.6 Å². The topological polar surface area (TPSA) is 67.5 Å². The molecule has 6 heteroatoms. The van der Waals surface area contributed by atoms with Crippen LogP contribution in [-0.2, 0) is 16.0 Å². The maximum absolute atomic E-state index is 12.2. The molecule has 2 heterocycles. The van der Waals surface area contributed by atoms with Gasteiger partial charge in [-0.1, -0.05) is 39.8 Å². The van der Waals surface area contributed by atoms with Crippen LogP contribution in [0.2, 0.25) is 0 Å². The number of aromatic amines is 1. The van der Waals surface area contributed by atoms with Crippen molar-refractivity contribution in [2.24, 2.45) is 5.92 Å². The molecule has 1 N–H and O–H groups in total. The third kappa shape index (κ3) is 5.13. The first-order valence-electron chi connectivity index (χ1n) is 10.1. The van der Waals surface area contributed by atoms with Crippen molar-refractivity contribution in [1.82, 2.24) is 15.1 Å². The van der Waals surface area contributed by atoms with E-state index in [-0.39, 0.29) is 17.9 Å². The predicted molar refractivity (Wildman–Crippen MR) is 108 cm³/mol. The van der Waals surface area contributed by atoms with E-state index in [4.69, 9.17) is 9.47 Å². The minimum Gasteiger partial charge on any atom is -0.493 e. The quantitative estimate of drug-likeness (QED) is 0.789. The molecule has 28 heavy (non-hydrogen) atoms. The molecule has 0 radical (unpaired) electrons. The molecule has 2 aromatic rings. The van der Waals surface area contributed by atoms with Gasteiger partial charge in [-0.15, -0.1) is 0 Å². The van der Waals surface area contributed by atoms with E-state index >= 15 is 0 Å². The lowest BCUT2D eigenvalue weighted by Gasteiger charge is -2.33. The molecule has 1 atom stereocenters. The molecular weight excluding hydrogens is 354 g/mol. The van der Waals surface area contributed by atoms with Gasteiger partial charge in [-0.2, -0.15) is 5.10 Å². The summed E-state index contributed by atoms with van der Waals surface area (Å²) in [7, 11) is 0. The molecule has 1 aromatic carbocycles. The lowest BCUT2D eigenvalue weighted by molar-refractivity contribution is -0.142. The van der Waals surface area contributed by atoms with Crippen LogP contribution in [0, 0.1) is 5.92 Å². The van der Waals surface area contributed by atoms with Crippen molar-refractivity contribution in [2.45, 2.75) is 46.1 Å². The first-order valence-corrected chi connectivity index (χ1v) is 10.1. The molecule has 3 rings (SSSR count). The van der Waals surface area contributed by atoms with Gasteiger partial charge in [0.2, 0.25) is 5.91 Å². The minimum absolute atomic E-state index is 0.000229. The monoisotopic (exact) mass is 385 g/mol. The lowest BCUT2D eigenvalue weighted by atomic mass is 10.0. The van der Waals surface area contributed by atoms with E-state index in [1.54, 1.807) is 0 Å². The van der Waals surface area contributed by atoms with Crippen LogP contribution in [0.1, 0.15) is 56.7 Å². The van der Waals surface area contributed by atoms with E-state index in [0.717, 1.165) is 23.6 Å². The van der Waals surface area contributed by atoms with E-state index in [9.17, 15) is 4.79 Å². The first kappa shape index (κ1) is 20.4. The van der Waals surface area contributed by atoms with Crippen LogP contribution in [0.3, 0.4) is 0 Å². The van der Waals surface area contributed by atoms with Crippen LogP contribution in [0.15, 0.2) is 30.3 Å². The number of ether oxygens (including phenoxy) is 2. The summed E-state index contributed by atoms with van der Waals surface area (Å²) in [6.07, 6.45) is 0.561. The highest BCUT2D eigenvalue weighted by atomic mass is 16.5. The molecule has 1 saturated heterocycles. The maximum Gasteiger partial charge on any atom is 0.225 e. The zero-order valence-corrected chi connectivity index (χ0v) is 17.3. The number of morpholine rings is 1. The van der Waals surface area contributed by atoms with E-state index in [2.05, 4.69) is 36.2 Å². The smallest absolute Gasteiger partial charge is 0.225 e. The molecule has 0 aliphatic carbocycles. The number of amides is 1. The molecule has 0 unspecified atom stereocenters. The van der Waals surface area contributed by atoms with Gasteiger partial charge in [0.1, 0.15) is 11.9 Å². The van der Waals surface area contributed by atoms with Gasteiger partial charge in [-0.05, 0) is 29.7 Å². The third-order valence-electron chi connectivity index (χ3n) is 5.04. The highest BCUT2D eigenvalue weighted by Crippen LogP contribution is 2.23. The largest absolute Gasteiger partial charge is 0.493 e. The summed E-state index contributed by atoms with van der Waals surface area (Å²) in [4.78, 5) is 14.1. The Morgan fingerprint density at radius 3 is 2.71 bits per heavy atom. The summed E-state index contributed by atoms with van der Waals surface area (Å²) < 4.78 is 11.7. The van der Waals surface area contributed by atoms with Crippen molar-refractivity contribution in [3.63, 3.8) is 0 Å². The number of nitrogens with one attached hydrogen (secondary N) is 1. The Kier molecular flexibility index (Phi) is 6.73. The van der Waals surface area contributed by atoms with Crippen LogP contribution in [0.25, 0.3) is 0 Å². The second-order valence-corrected chi connectivity index (χ2v) is 7.94. The van der Waals surface area contributed by atoms with Gasteiger partial charge in [0.25, 0.3) is 0 Å². The zero-order chi connectivity index (χ0) is 20.1. The predicted octanol–water partition coefficient (Wildman–Crippen LogP) is 3.71. The van der Waals surface area contributed by atoms with Crippen LogP contribution < -0.4 is 4.74 Å². The van der Waals surface area contributed by atoms with Crippen molar-refractivity contribution in [1.29, 1.82) is 0 Å². The summed E-state index contributed by atoms with van der Waals surface area (Å²) in [5.41, 5.74) is 3.16. The number of benzene rings is 1. The Hall–Kier alpha value is -2.34. The number of aromatic nitrogens is 2. The molecule has 1 aliphatic heterocycles. The Morgan fingerprint density at radius 2 is 2.04 bits per heavy atom. The zero-order valence-electron chi connectivity index (χ0n) is 17.3. The summed E-state index contributed by atoms with van der Waals surface area (Å²) in [5, 5.41) is 7.46. The molecule has 1 fully saturated rings. The average Bonchev–Trinajstić information content (AvgIpc) is 3.17. The molecule has 152 valence electrons. The number of H-pyrrole nitrogens is 1. The van der Waals surface area contributed by atoms with Crippen molar-refractivity contribution in [3.8, 4) is 5.75 Å². The molecule has 0 bridgehead atoms. The van der Waals surface area contributed by atoms with Crippen molar-refractivity contribution >= 4 is 5.91 Å². The molecule has 6 nitrogen and oxygen atoms in total. The van der Waals surface area contributed by atoms with Gasteiger partial charge in [-0.3, -0.25) is 9.89 Å². The SMILES string of the molecule is CC(C)C(=O)N1CCO[C@H](c2cc(CCOc3ccc(C(C)C)cc3)[nH]n2)C1. The first-order chi connectivity index (χ1) is 13.4. The fraction of sp³-hybridized carbons (Fsp3) is 0.545. The van der Waals surface area contributed by atoms with Crippen molar-refractivity contribution in [2.75, 3.05) is 26.3 Å². The second-order valence-electron chi connectivity index (χ2n) is 7.94. The fourth-order valence-corrected chi connectivity index (χ4v) is 3.29. The lowest BCUT2D eigenvalue weighted by Crippen LogP contribution is -2.44. The third-order valence-corrected chi connectivity index (χ3v) is 5.04. The molecule has 1 aliphatic rings. The molecule has 1 aromatic heterocycles. The number of rotatable bonds is 7. The van der Waals surface area contributed by atoms with Gasteiger partial charge in [0.05, 0.1) is 25.5 Å². The minimum atomic E-state index is -0.175. The van der Waals surface area contributed by atoms with E-state index < -0.39 is 0 Å². The second kappa shape index (κ2) is 9.24. The van der Waals surface area contributed by atoms with Gasteiger partial charge in [-0.25, -0.2) is 0 Å². The number of hydrogen-bond donors (Lipinski definition) is 1. The molecule has 1 amide bonds. The Balaban J connectivity index is 1.50. The number of carbonyl (C=O) groups is 1. The Morgan fingerprint density at radius 1 is 1.29 bits per heavy atom. The average molecular weight is 386 g/mol. The number of hydrogen-bond acceptors (Lipinski definition) is 4. The van der Waals surface area contributed by atoms with Crippen LogP contribution in [-0.4, -0.2) is 47.3 Å². The van der Waals surface area contributed by atoms with Gasteiger partial charge >= 0.3 is 0 Å². The van der Waals surface area contributed by atoms with Crippen LogP contribution in [0.4, 0.5) is 0 Å². The normalized spacial score (nSPS) is 17.4. The van der Waals surface area contributed by atoms with Crippen molar-refractivity contribution < 1.29 is 14.3 Å². The molecular formula is C22H31N3O3. The fourth-order valence-electron chi connectivity index (χ4n) is 3.29. The van der Waals surface area contributed by atoms with Gasteiger partial charge < -0.3 is 14.4 Å². The number of nitrogens with zero attached hydrogens (tertiary/aromatic N) is 2. The molecule has 0 spiro atoms. The highest BCUT2D eigenvalue weighted by Gasteiger charge is 2.28. The summed E-state index contributed by atoms with van der Waals surface area (Å²) in [6.45, 7) is 10.5. The maximum atomic E-state index is 12.2. The Labute approximate surface area is 167 Å². The van der Waals surface area contributed by atoms with Crippen molar-refractivity contribution in [3.05, 3.63) is 47.3 Å². The van der Waals surface area contributed by atoms with E-state index in [1.165, 1.54) is 5.56 Å². The summed E-state index contributed by atoms with van der Waals surface area (Å²) in [6, 6.07) is 10.3. The number of carbonyl (C=O) groups excluding carboxylic acids is 1.